The van der Waals surface area contributed by atoms with Crippen LogP contribution < -0.4 is 4.90 Å². The topological polar surface area (TPSA) is 16.4 Å². The summed E-state index contributed by atoms with van der Waals surface area (Å²) in [4.78, 5) is 2.24. The monoisotopic (exact) mass is 812 g/mol. The second kappa shape index (κ2) is 15.1. The van der Waals surface area contributed by atoms with Crippen molar-refractivity contribution in [1.29, 1.82) is 0 Å². The van der Waals surface area contributed by atoms with Crippen LogP contribution in [0.25, 0.3) is 66.4 Å². The molecule has 2 nitrogen and oxygen atoms in total. The number of nitrogens with zero attached hydrogens (tertiary/aromatic N) is 1. The molecule has 0 saturated carbocycles. The van der Waals surface area contributed by atoms with Crippen molar-refractivity contribution in [3.63, 3.8) is 0 Å². The van der Waals surface area contributed by atoms with E-state index in [1.807, 2.05) is 84.9 Å². The minimum absolute atomic E-state index is 0.0947. The second-order valence-corrected chi connectivity index (χ2v) is 15.7. The van der Waals surface area contributed by atoms with E-state index in [1.165, 1.54) is 0 Å². The molecule has 0 amide bonds. The molecule has 0 radical (unpaired) electrons. The van der Waals surface area contributed by atoms with E-state index in [1.54, 1.807) is 24.3 Å². The molecule has 12 rings (SSSR count). The van der Waals surface area contributed by atoms with Gasteiger partial charge in [0.05, 0.1) is 17.8 Å². The van der Waals surface area contributed by atoms with Gasteiger partial charge in [0, 0.05) is 39.0 Å². The van der Waals surface area contributed by atoms with E-state index >= 15 is 0 Å². The van der Waals surface area contributed by atoms with E-state index in [0.29, 0.717) is 22.3 Å². The largest absolute Gasteiger partial charge is 0.455 e. The number of hydrogen-bond acceptors (Lipinski definition) is 2. The van der Waals surface area contributed by atoms with Gasteiger partial charge in [0.25, 0.3) is 0 Å². The first-order chi connectivity index (χ1) is 35.0. The lowest BCUT2D eigenvalue weighted by Gasteiger charge is -2.34. The second-order valence-electron chi connectivity index (χ2n) is 15.7. The third-order valence-electron chi connectivity index (χ3n) is 12.4. The number of furan rings is 1. The van der Waals surface area contributed by atoms with Gasteiger partial charge < -0.3 is 9.32 Å². The fourth-order valence-electron chi connectivity index (χ4n) is 9.52. The summed E-state index contributed by atoms with van der Waals surface area (Å²) in [6, 6.07) is 60.4. The summed E-state index contributed by atoms with van der Waals surface area (Å²) in [6.07, 6.45) is 0. The Morgan fingerprint density at radius 1 is 0.333 bits per heavy atom. The van der Waals surface area contributed by atoms with E-state index in [2.05, 4.69) is 89.8 Å². The lowest BCUT2D eigenvalue weighted by Crippen LogP contribution is -2.28. The van der Waals surface area contributed by atoms with Crippen molar-refractivity contribution in [2.75, 3.05) is 4.90 Å². The molecular weight excluding hydrogens is 763 g/mol. The number of anilines is 3. The summed E-state index contributed by atoms with van der Waals surface area (Å²) in [5, 5.41) is 1.87. The standard InChI is InChI=1S/C61H41NO/c1-4-16-42(17-5-1)43-32-38-49(39-33-43)62(48-20-8-3-9-21-48)50-40-34-45(35-41-50)52-25-15-27-56-55-26-14-24-51(59(55)63-60(52)56)44-30-36-47(37-31-44)61(46-18-6-2-7-19-46)57-28-12-10-22-53(57)54-23-11-13-29-58(54)61/h1-41H/i2D,6D,7D,10D,12D,18D,19D,22D,28D. The van der Waals surface area contributed by atoms with Gasteiger partial charge in [0.1, 0.15) is 11.2 Å². The van der Waals surface area contributed by atoms with Crippen LogP contribution in [-0.2, 0) is 5.41 Å². The van der Waals surface area contributed by atoms with Crippen molar-refractivity contribution in [1.82, 2.24) is 0 Å². The Morgan fingerprint density at radius 3 is 1.48 bits per heavy atom. The Morgan fingerprint density at radius 2 is 0.825 bits per heavy atom. The van der Waals surface area contributed by atoms with Crippen molar-refractivity contribution in [2.24, 2.45) is 0 Å². The van der Waals surface area contributed by atoms with Crippen molar-refractivity contribution >= 4 is 39.0 Å². The molecule has 296 valence electrons. The van der Waals surface area contributed by atoms with E-state index in [4.69, 9.17) is 12.6 Å². The van der Waals surface area contributed by atoms with Crippen molar-refractivity contribution in [2.45, 2.75) is 5.41 Å². The quantitative estimate of drug-likeness (QED) is 0.152. The van der Waals surface area contributed by atoms with Gasteiger partial charge in [-0.15, -0.1) is 0 Å². The maximum Gasteiger partial charge on any atom is 0.143 e. The zero-order valence-electron chi connectivity index (χ0n) is 42.8. The van der Waals surface area contributed by atoms with Crippen molar-refractivity contribution < 1.29 is 16.8 Å². The maximum atomic E-state index is 9.41. The molecule has 1 unspecified atom stereocenters. The fourth-order valence-corrected chi connectivity index (χ4v) is 9.52. The normalized spacial score (nSPS) is 16.1. The molecule has 0 N–H and O–H groups in total. The lowest BCUT2D eigenvalue weighted by atomic mass is 9.67. The molecule has 0 fully saturated rings. The molecule has 1 aromatic heterocycles. The van der Waals surface area contributed by atoms with Gasteiger partial charge >= 0.3 is 0 Å². The fraction of sp³-hybridized carbons (Fsp3) is 0.0164. The van der Waals surface area contributed by atoms with Crippen LogP contribution in [0.15, 0.2) is 253 Å². The predicted octanol–water partition coefficient (Wildman–Crippen LogP) is 16.4. The molecule has 0 spiro atoms. The van der Waals surface area contributed by atoms with Crippen LogP contribution in [-0.4, -0.2) is 0 Å². The minimum Gasteiger partial charge on any atom is -0.455 e. The number of rotatable bonds is 8. The molecule has 1 aliphatic carbocycles. The first kappa shape index (κ1) is 28.3. The van der Waals surface area contributed by atoms with Gasteiger partial charge in [0.15, 0.2) is 0 Å². The molecule has 2 heteroatoms. The molecule has 1 heterocycles. The number of benzene rings is 10. The van der Waals surface area contributed by atoms with Crippen LogP contribution in [0.4, 0.5) is 17.1 Å². The average molecular weight is 813 g/mol. The average Bonchev–Trinajstić information content (AvgIpc) is 3.97. The first-order valence-corrected chi connectivity index (χ1v) is 20.9. The van der Waals surface area contributed by atoms with Crippen molar-refractivity contribution in [3.8, 4) is 44.5 Å². The number of hydrogen-bond donors (Lipinski definition) is 0. The van der Waals surface area contributed by atoms with Crippen LogP contribution >= 0.6 is 0 Å². The van der Waals surface area contributed by atoms with Gasteiger partial charge in [-0.25, -0.2) is 0 Å². The van der Waals surface area contributed by atoms with Crippen molar-refractivity contribution in [3.05, 3.63) is 271 Å². The SMILES string of the molecule is [2H]c1c([2H])c([2H])c(C2(c3ccc(-c4cccc5c4oc4c(-c6ccc(N(c7ccccc7)c7ccc(-c8ccccc8)cc7)cc6)cccc45)cc3)c3ccccc3-c3c([2H])c([2H])c([2H])c([2H])c32)c([2H])c1[2H]. The summed E-state index contributed by atoms with van der Waals surface area (Å²) in [5.74, 6) is 0. The van der Waals surface area contributed by atoms with Crippen LogP contribution in [0, 0.1) is 0 Å². The molecular formula is C61H41NO. The summed E-state index contributed by atoms with van der Waals surface area (Å²) in [5.41, 5.74) is 10.3. The highest BCUT2D eigenvalue weighted by Gasteiger charge is 2.45. The molecule has 1 atom stereocenters. The van der Waals surface area contributed by atoms with E-state index < -0.39 is 47.7 Å². The summed E-state index contributed by atoms with van der Waals surface area (Å²) in [6.45, 7) is 0. The summed E-state index contributed by atoms with van der Waals surface area (Å²) in [7, 11) is 0. The van der Waals surface area contributed by atoms with Gasteiger partial charge in [-0.1, -0.05) is 212 Å². The Labute approximate surface area is 380 Å². The van der Waals surface area contributed by atoms with Crippen LogP contribution in [0.2, 0.25) is 0 Å². The maximum absolute atomic E-state index is 9.41. The lowest BCUT2D eigenvalue weighted by molar-refractivity contribution is 0.671. The third-order valence-corrected chi connectivity index (χ3v) is 12.4. The first-order valence-electron chi connectivity index (χ1n) is 25.4. The third kappa shape index (κ3) is 5.95. The van der Waals surface area contributed by atoms with Crippen LogP contribution in [0.1, 0.15) is 34.6 Å². The number of fused-ring (bicyclic) bond motifs is 6. The Hall–Kier alpha value is -8.20. The molecule has 0 aliphatic heterocycles. The van der Waals surface area contributed by atoms with Crippen LogP contribution in [0.3, 0.4) is 0 Å². The molecule has 0 bridgehead atoms. The Kier molecular flexibility index (Phi) is 6.78. The zero-order valence-corrected chi connectivity index (χ0v) is 33.8. The van der Waals surface area contributed by atoms with E-state index in [-0.39, 0.29) is 28.8 Å². The minimum atomic E-state index is -1.73. The summed E-state index contributed by atoms with van der Waals surface area (Å²) < 4.78 is 87.6. The molecule has 1 aliphatic rings. The summed E-state index contributed by atoms with van der Waals surface area (Å²) >= 11 is 0. The molecule has 10 aromatic carbocycles. The van der Waals surface area contributed by atoms with Crippen LogP contribution in [0.5, 0.6) is 0 Å². The van der Waals surface area contributed by atoms with E-state index in [9.17, 15) is 4.11 Å². The van der Waals surface area contributed by atoms with Gasteiger partial charge in [-0.05, 0) is 92.0 Å². The molecule has 11 aromatic rings. The predicted molar refractivity (Wildman–Crippen MR) is 262 cm³/mol. The molecule has 63 heavy (non-hydrogen) atoms. The van der Waals surface area contributed by atoms with Gasteiger partial charge in [-0.3, -0.25) is 0 Å². The van der Waals surface area contributed by atoms with Gasteiger partial charge in [0.2, 0.25) is 0 Å². The highest BCUT2D eigenvalue weighted by atomic mass is 16.3. The highest BCUT2D eigenvalue weighted by molar-refractivity contribution is 6.13. The van der Waals surface area contributed by atoms with E-state index in [0.717, 1.165) is 66.8 Å². The van der Waals surface area contributed by atoms with Gasteiger partial charge in [-0.2, -0.15) is 0 Å². The Bertz CT molecular complexity index is 3920. The Balaban J connectivity index is 0.967. The zero-order chi connectivity index (χ0) is 49.6. The molecule has 0 saturated heterocycles. The highest BCUT2D eigenvalue weighted by Crippen LogP contribution is 2.56. The number of para-hydroxylation sites is 3. The smallest absolute Gasteiger partial charge is 0.143 e.